The minimum absolute atomic E-state index is 0.238. The maximum absolute atomic E-state index is 13.5. The molecule has 3 saturated heterocycles. The molecule has 0 aromatic rings. The van der Waals surface area contributed by atoms with Gasteiger partial charge in [-0.15, -0.1) is 0 Å². The minimum Gasteiger partial charge on any atom is -0.394 e. The van der Waals surface area contributed by atoms with Crippen LogP contribution in [0.1, 0.15) is 367 Å². The van der Waals surface area contributed by atoms with Crippen molar-refractivity contribution in [2.24, 2.45) is 0 Å². The van der Waals surface area contributed by atoms with Crippen LogP contribution in [0.15, 0.2) is 48.6 Å². The molecule has 17 atom stereocenters. The molecule has 3 heterocycles. The van der Waals surface area contributed by atoms with Crippen LogP contribution in [0, 0.1) is 0 Å². The Labute approximate surface area is 643 Å². The zero-order valence-corrected chi connectivity index (χ0v) is 66.9. The van der Waals surface area contributed by atoms with Crippen molar-refractivity contribution in [3.05, 3.63) is 48.6 Å². The van der Waals surface area contributed by atoms with Crippen molar-refractivity contribution in [1.82, 2.24) is 5.32 Å². The molecule has 0 radical (unpaired) electrons. The molecule has 17 unspecified atom stereocenters. The summed E-state index contributed by atoms with van der Waals surface area (Å²) in [5.41, 5.74) is 0. The van der Waals surface area contributed by atoms with E-state index in [0.717, 1.165) is 44.9 Å². The van der Waals surface area contributed by atoms with E-state index in [4.69, 9.17) is 28.4 Å². The molecule has 0 aromatic carbocycles. The molecular weight excluding hydrogens is 1350 g/mol. The molecule has 12 N–H and O–H groups in total. The van der Waals surface area contributed by atoms with Crippen molar-refractivity contribution < 1.29 is 89.4 Å². The Balaban J connectivity index is 1.35. The molecule has 3 aliphatic heterocycles. The quantitative estimate of drug-likeness (QED) is 0.0199. The normalized spacial score (nSPS) is 25.8. The van der Waals surface area contributed by atoms with E-state index in [1.165, 1.54) is 289 Å². The number of aliphatic hydroxyl groups excluding tert-OH is 11. The van der Waals surface area contributed by atoms with E-state index >= 15 is 0 Å². The monoisotopic (exact) mass is 1510 g/mol. The molecule has 3 aliphatic rings. The minimum atomic E-state index is -1.98. The van der Waals surface area contributed by atoms with Gasteiger partial charge in [0, 0.05) is 6.42 Å². The highest BCUT2D eigenvalue weighted by Gasteiger charge is 2.54. The van der Waals surface area contributed by atoms with Gasteiger partial charge in [0.2, 0.25) is 5.91 Å². The van der Waals surface area contributed by atoms with E-state index < -0.39 is 124 Å². The van der Waals surface area contributed by atoms with Crippen LogP contribution in [-0.2, 0) is 33.2 Å². The number of carbonyl (C=O) groups is 1. The highest BCUT2D eigenvalue weighted by Crippen LogP contribution is 2.33. The zero-order chi connectivity index (χ0) is 76.7. The molecule has 1 amide bonds. The summed E-state index contributed by atoms with van der Waals surface area (Å²) in [6.45, 7) is 1.77. The van der Waals surface area contributed by atoms with Gasteiger partial charge in [0.25, 0.3) is 0 Å². The van der Waals surface area contributed by atoms with E-state index in [2.05, 4.69) is 55.6 Å². The van der Waals surface area contributed by atoms with Crippen LogP contribution in [-0.4, -0.2) is 193 Å². The number of hydrogen-bond acceptors (Lipinski definition) is 18. The third-order valence-corrected chi connectivity index (χ3v) is 21.8. The summed E-state index contributed by atoms with van der Waals surface area (Å²) < 4.78 is 34.5. The topological polar surface area (TPSA) is 307 Å². The molecule has 0 aliphatic carbocycles. The van der Waals surface area contributed by atoms with E-state index in [9.17, 15) is 61.0 Å². The van der Waals surface area contributed by atoms with Crippen LogP contribution < -0.4 is 5.32 Å². The Hall–Kier alpha value is -2.25. The molecule has 19 nitrogen and oxygen atoms in total. The highest BCUT2D eigenvalue weighted by atomic mass is 16.8. The molecule has 0 aromatic heterocycles. The average Bonchev–Trinajstić information content (AvgIpc) is 0.780. The van der Waals surface area contributed by atoms with Crippen molar-refractivity contribution in [3.63, 3.8) is 0 Å². The van der Waals surface area contributed by atoms with Gasteiger partial charge in [-0.25, -0.2) is 0 Å². The van der Waals surface area contributed by atoms with E-state index in [-0.39, 0.29) is 18.9 Å². The number of amides is 1. The lowest BCUT2D eigenvalue weighted by Crippen LogP contribution is -2.66. The smallest absolute Gasteiger partial charge is 0.220 e. The second-order valence-corrected chi connectivity index (χ2v) is 31.3. The molecule has 3 fully saturated rings. The third-order valence-electron chi connectivity index (χ3n) is 21.8. The first kappa shape index (κ1) is 97.9. The number of allylic oxidation sites excluding steroid dienone is 7. The second-order valence-electron chi connectivity index (χ2n) is 31.3. The van der Waals surface area contributed by atoms with Gasteiger partial charge < -0.3 is 89.9 Å². The maximum atomic E-state index is 13.5. The van der Waals surface area contributed by atoms with Gasteiger partial charge in [0.05, 0.1) is 38.6 Å². The summed E-state index contributed by atoms with van der Waals surface area (Å²) in [6.07, 6.45) is 59.8. The predicted octanol–water partition coefficient (Wildman–Crippen LogP) is 16.0. The summed E-state index contributed by atoms with van der Waals surface area (Å²) in [7, 11) is 0. The highest BCUT2D eigenvalue weighted by molar-refractivity contribution is 5.76. The molecule has 0 saturated carbocycles. The third kappa shape index (κ3) is 46.1. The fraction of sp³-hybridized carbons (Fsp3) is 0.897. The van der Waals surface area contributed by atoms with Gasteiger partial charge in [0.1, 0.15) is 73.2 Å². The standard InChI is InChI=1S/C87H161NO18/c1-3-5-7-9-11-13-15-17-19-21-23-25-27-29-31-33-35-37-39-41-43-45-47-49-51-53-55-57-59-61-63-65-75(93)88-70(71(92)64-62-60-58-56-54-52-50-48-46-44-42-40-38-36-34-32-30-28-26-24-22-20-18-16-14-12-10-8-6-4-2)69-101-85-81(99)78(96)83(73(67-90)103-85)106-87-82(100)79(97)84(74(68-91)104-87)105-86-80(98)77(95)76(94)72(66-89)102-86/h15,17,21,23,54,56,62,64,70-74,76-87,89-92,94-100H,3-14,16,18-20,22,24-53,55,57-61,63,65-69H2,1-2H3,(H,88,93)/b17-15-,23-21-,56-54+,64-62+. The zero-order valence-electron chi connectivity index (χ0n) is 66.9. The number of hydrogen-bond donors (Lipinski definition) is 12. The average molecular weight is 1510 g/mol. The number of ether oxygens (including phenoxy) is 6. The van der Waals surface area contributed by atoms with Gasteiger partial charge in [-0.05, 0) is 64.2 Å². The summed E-state index contributed by atoms with van der Waals surface area (Å²) in [6, 6.07) is -0.992. The molecule has 0 spiro atoms. The van der Waals surface area contributed by atoms with Crippen LogP contribution in [0.25, 0.3) is 0 Å². The maximum Gasteiger partial charge on any atom is 0.220 e. The predicted molar refractivity (Wildman–Crippen MR) is 425 cm³/mol. The van der Waals surface area contributed by atoms with Gasteiger partial charge >= 0.3 is 0 Å². The number of rotatable bonds is 71. The van der Waals surface area contributed by atoms with Crippen LogP contribution in [0.4, 0.5) is 0 Å². The largest absolute Gasteiger partial charge is 0.394 e. The lowest BCUT2D eigenvalue weighted by Gasteiger charge is -2.48. The Morgan fingerprint density at radius 1 is 0.340 bits per heavy atom. The molecule has 0 bridgehead atoms. The number of nitrogens with one attached hydrogen (secondary N) is 1. The summed E-state index contributed by atoms with van der Waals surface area (Å²) >= 11 is 0. The Bertz CT molecular complexity index is 2100. The summed E-state index contributed by atoms with van der Waals surface area (Å²) in [5.74, 6) is -0.279. The second kappa shape index (κ2) is 67.3. The Kier molecular flexibility index (Phi) is 62.2. The van der Waals surface area contributed by atoms with Crippen molar-refractivity contribution in [1.29, 1.82) is 0 Å². The van der Waals surface area contributed by atoms with Gasteiger partial charge in [0.15, 0.2) is 18.9 Å². The fourth-order valence-electron chi connectivity index (χ4n) is 14.8. The molecule has 622 valence electrons. The molecule has 19 heteroatoms. The van der Waals surface area contributed by atoms with Crippen molar-refractivity contribution in [2.45, 2.75) is 471 Å². The first-order chi connectivity index (χ1) is 51.8. The van der Waals surface area contributed by atoms with Crippen LogP contribution in [0.3, 0.4) is 0 Å². The van der Waals surface area contributed by atoms with E-state index in [1.54, 1.807) is 6.08 Å². The Morgan fingerprint density at radius 3 is 1.00 bits per heavy atom. The van der Waals surface area contributed by atoms with E-state index in [1.807, 2.05) is 6.08 Å². The van der Waals surface area contributed by atoms with Crippen LogP contribution >= 0.6 is 0 Å². The molecular formula is C87H161NO18. The number of unbranched alkanes of at least 4 members (excludes halogenated alkanes) is 49. The summed E-state index contributed by atoms with van der Waals surface area (Å²) in [4.78, 5) is 13.5. The molecule has 106 heavy (non-hydrogen) atoms. The molecule has 3 rings (SSSR count). The van der Waals surface area contributed by atoms with E-state index in [0.29, 0.717) is 12.8 Å². The summed E-state index contributed by atoms with van der Waals surface area (Å²) in [5, 5.41) is 121. The lowest BCUT2D eigenvalue weighted by atomic mass is 9.96. The van der Waals surface area contributed by atoms with Gasteiger partial charge in [-0.2, -0.15) is 0 Å². The fourth-order valence-corrected chi connectivity index (χ4v) is 14.8. The van der Waals surface area contributed by atoms with Crippen molar-refractivity contribution >= 4 is 5.91 Å². The van der Waals surface area contributed by atoms with Crippen molar-refractivity contribution in [2.75, 3.05) is 26.4 Å². The van der Waals surface area contributed by atoms with Crippen LogP contribution in [0.2, 0.25) is 0 Å². The number of carbonyl (C=O) groups excluding carboxylic acids is 1. The first-order valence-electron chi connectivity index (χ1n) is 43.9. The van der Waals surface area contributed by atoms with Crippen molar-refractivity contribution in [3.8, 4) is 0 Å². The van der Waals surface area contributed by atoms with Crippen LogP contribution in [0.5, 0.6) is 0 Å². The Morgan fingerprint density at radius 2 is 0.632 bits per heavy atom. The lowest BCUT2D eigenvalue weighted by molar-refractivity contribution is -0.379. The van der Waals surface area contributed by atoms with Gasteiger partial charge in [-0.3, -0.25) is 4.79 Å². The van der Waals surface area contributed by atoms with Gasteiger partial charge in [-0.1, -0.05) is 345 Å². The first-order valence-corrected chi connectivity index (χ1v) is 43.9. The SMILES string of the molecule is CCCCCCC/C=C\C/C=C\CCCCCCCCCCCCCCCCCCCCCC(=O)NC(COC1OC(CO)C(OC2OC(CO)C(OC3OC(CO)C(O)C(O)C3O)C(O)C2O)C(O)C1O)C(O)/C=C/CC/C=C/CCCCCCCCCCCCCCCCCCCCCCCCCC. The number of aliphatic hydroxyl groups is 11.